The number of rotatable bonds is 1. The van der Waals surface area contributed by atoms with Crippen LogP contribution in [0.5, 0.6) is 0 Å². The second-order valence-corrected chi connectivity index (χ2v) is 4.54. The average molecular weight is 280 g/mol. The molecule has 0 unspecified atom stereocenters. The molecule has 0 aliphatic carbocycles. The summed E-state index contributed by atoms with van der Waals surface area (Å²) in [4.78, 5) is 8.34. The number of nitrogen functional groups attached to an aromatic ring is 1. The molecule has 2 heterocycles. The lowest BCUT2D eigenvalue weighted by atomic mass is 10.2. The molecule has 0 atom stereocenters. The van der Waals surface area contributed by atoms with Crippen LogP contribution in [0.1, 0.15) is 0 Å². The minimum Gasteiger partial charge on any atom is -0.396 e. The van der Waals surface area contributed by atoms with Gasteiger partial charge in [-0.2, -0.15) is 4.98 Å². The zero-order valence-electron chi connectivity index (χ0n) is 9.01. The largest absolute Gasteiger partial charge is 0.396 e. The molecular weight excluding hydrogens is 273 g/mol. The van der Waals surface area contributed by atoms with E-state index >= 15 is 0 Å². The third kappa shape index (κ3) is 1.87. The molecule has 0 bridgehead atoms. The average Bonchev–Trinajstić information content (AvgIpc) is 2.71. The number of aromatic nitrogens is 4. The maximum atomic E-state index is 6.10. The van der Waals surface area contributed by atoms with Gasteiger partial charge in [0.1, 0.15) is 0 Å². The summed E-state index contributed by atoms with van der Waals surface area (Å²) in [7, 11) is 0. The van der Waals surface area contributed by atoms with Gasteiger partial charge < -0.3 is 5.73 Å². The Labute approximate surface area is 112 Å². The van der Waals surface area contributed by atoms with Gasteiger partial charge in [-0.15, -0.1) is 5.10 Å². The number of halogens is 2. The summed E-state index contributed by atoms with van der Waals surface area (Å²) in [5, 5.41) is 5.33. The zero-order valence-corrected chi connectivity index (χ0v) is 10.5. The van der Waals surface area contributed by atoms with Crippen LogP contribution in [0.4, 0.5) is 5.69 Å². The molecule has 0 aliphatic heterocycles. The van der Waals surface area contributed by atoms with Crippen molar-refractivity contribution in [2.24, 2.45) is 0 Å². The molecule has 90 valence electrons. The summed E-state index contributed by atoms with van der Waals surface area (Å²) < 4.78 is 1.51. The highest BCUT2D eigenvalue weighted by molar-refractivity contribution is 6.36. The van der Waals surface area contributed by atoms with Gasteiger partial charge in [-0.3, -0.25) is 0 Å². The molecule has 0 fully saturated rings. The molecule has 0 aliphatic rings. The lowest BCUT2D eigenvalue weighted by Gasteiger charge is -1.98. The molecule has 7 heteroatoms. The lowest BCUT2D eigenvalue weighted by molar-refractivity contribution is 0.945. The number of anilines is 1. The van der Waals surface area contributed by atoms with Crippen LogP contribution in [0.25, 0.3) is 17.2 Å². The van der Waals surface area contributed by atoms with Crippen molar-refractivity contribution in [2.75, 3.05) is 5.73 Å². The molecule has 0 saturated carbocycles. The van der Waals surface area contributed by atoms with Crippen molar-refractivity contribution < 1.29 is 0 Å². The van der Waals surface area contributed by atoms with Crippen LogP contribution in [0.15, 0.2) is 30.6 Å². The van der Waals surface area contributed by atoms with Gasteiger partial charge in [0.25, 0.3) is 5.78 Å². The second kappa shape index (κ2) is 4.12. The fourth-order valence-electron chi connectivity index (χ4n) is 1.58. The van der Waals surface area contributed by atoms with Crippen molar-refractivity contribution >= 4 is 34.7 Å². The number of fused-ring (bicyclic) bond motifs is 1. The third-order valence-corrected chi connectivity index (χ3v) is 2.93. The van der Waals surface area contributed by atoms with Crippen LogP contribution in [-0.4, -0.2) is 19.6 Å². The van der Waals surface area contributed by atoms with E-state index in [4.69, 9.17) is 28.9 Å². The first-order valence-electron chi connectivity index (χ1n) is 5.07. The molecule has 3 rings (SSSR count). The van der Waals surface area contributed by atoms with Crippen LogP contribution in [0.3, 0.4) is 0 Å². The minimum atomic E-state index is 0.463. The molecule has 2 N–H and O–H groups in total. The number of nitrogens with two attached hydrogens (primary N) is 1. The highest BCUT2D eigenvalue weighted by Gasteiger charge is 2.11. The summed E-state index contributed by atoms with van der Waals surface area (Å²) in [5.74, 6) is 0.944. The molecule has 0 spiro atoms. The van der Waals surface area contributed by atoms with E-state index in [-0.39, 0.29) is 0 Å². The molecule has 3 aromatic rings. The van der Waals surface area contributed by atoms with Crippen molar-refractivity contribution in [1.82, 2.24) is 19.6 Å². The van der Waals surface area contributed by atoms with Crippen molar-refractivity contribution in [1.29, 1.82) is 0 Å². The molecule has 0 radical (unpaired) electrons. The normalized spacial score (nSPS) is 11.0. The zero-order chi connectivity index (χ0) is 12.7. The summed E-state index contributed by atoms with van der Waals surface area (Å²) in [6, 6.07) is 5.14. The van der Waals surface area contributed by atoms with Gasteiger partial charge in [0.15, 0.2) is 5.82 Å². The van der Waals surface area contributed by atoms with Gasteiger partial charge in [-0.25, -0.2) is 9.50 Å². The predicted octanol–water partition coefficient (Wildman–Crippen LogP) is 2.68. The van der Waals surface area contributed by atoms with E-state index in [1.54, 1.807) is 24.4 Å². The van der Waals surface area contributed by atoms with Crippen molar-refractivity contribution in [3.8, 4) is 11.4 Å². The van der Waals surface area contributed by atoms with Gasteiger partial charge in [-0.05, 0) is 18.2 Å². The minimum absolute atomic E-state index is 0.463. The fraction of sp³-hybridized carbons (Fsp3) is 0. The molecule has 0 saturated heterocycles. The number of hydrogen-bond acceptors (Lipinski definition) is 4. The Morgan fingerprint density at radius 3 is 2.83 bits per heavy atom. The molecule has 18 heavy (non-hydrogen) atoms. The smallest absolute Gasteiger partial charge is 0.252 e. The Balaban J connectivity index is 2.19. The Kier molecular flexibility index (Phi) is 2.57. The molecule has 5 nitrogen and oxygen atoms in total. The summed E-state index contributed by atoms with van der Waals surface area (Å²) in [5.41, 5.74) is 6.84. The molecule has 1 aromatic carbocycles. The summed E-state index contributed by atoms with van der Waals surface area (Å²) in [6.07, 6.45) is 3.17. The van der Waals surface area contributed by atoms with Gasteiger partial charge >= 0.3 is 0 Å². The van der Waals surface area contributed by atoms with Crippen molar-refractivity contribution in [2.45, 2.75) is 0 Å². The molecule has 2 aromatic heterocycles. The maximum absolute atomic E-state index is 6.10. The fourth-order valence-corrected chi connectivity index (χ4v) is 2.07. The highest BCUT2D eigenvalue weighted by Crippen LogP contribution is 2.28. The van der Waals surface area contributed by atoms with Crippen LogP contribution in [-0.2, 0) is 0 Å². The van der Waals surface area contributed by atoms with E-state index in [0.717, 1.165) is 0 Å². The van der Waals surface area contributed by atoms with Crippen LogP contribution in [0.2, 0.25) is 10.0 Å². The van der Waals surface area contributed by atoms with E-state index in [0.29, 0.717) is 32.9 Å². The second-order valence-electron chi connectivity index (χ2n) is 3.69. The lowest BCUT2D eigenvalue weighted by Crippen LogP contribution is -1.94. The van der Waals surface area contributed by atoms with E-state index in [9.17, 15) is 0 Å². The Morgan fingerprint density at radius 2 is 2.06 bits per heavy atom. The number of hydrogen-bond donors (Lipinski definition) is 1. The highest BCUT2D eigenvalue weighted by atomic mass is 35.5. The Morgan fingerprint density at radius 1 is 1.22 bits per heavy atom. The SMILES string of the molecule is Nc1cnc2nc(-c3ccc(Cl)cc3Cl)nn2c1. The topological polar surface area (TPSA) is 69.1 Å². The van der Waals surface area contributed by atoms with E-state index in [1.165, 1.54) is 10.7 Å². The van der Waals surface area contributed by atoms with Gasteiger partial charge in [0.05, 0.1) is 23.1 Å². The summed E-state index contributed by atoms with van der Waals surface area (Å²) >= 11 is 11.9. The third-order valence-electron chi connectivity index (χ3n) is 2.39. The summed E-state index contributed by atoms with van der Waals surface area (Å²) in [6.45, 7) is 0. The Hall–Kier alpha value is -1.85. The molecule has 0 amide bonds. The van der Waals surface area contributed by atoms with Gasteiger partial charge in [0.2, 0.25) is 0 Å². The molecular formula is C11H7Cl2N5. The quantitative estimate of drug-likeness (QED) is 0.744. The van der Waals surface area contributed by atoms with Crippen LogP contribution < -0.4 is 5.73 Å². The van der Waals surface area contributed by atoms with Crippen molar-refractivity contribution in [3.05, 3.63) is 40.6 Å². The van der Waals surface area contributed by atoms with E-state index in [2.05, 4.69) is 15.1 Å². The Bertz CT molecular complexity index is 737. The van der Waals surface area contributed by atoms with E-state index < -0.39 is 0 Å². The van der Waals surface area contributed by atoms with E-state index in [1.807, 2.05) is 0 Å². The van der Waals surface area contributed by atoms with Crippen LogP contribution >= 0.6 is 23.2 Å². The first-order chi connectivity index (χ1) is 8.63. The van der Waals surface area contributed by atoms with Crippen LogP contribution in [0, 0.1) is 0 Å². The first-order valence-corrected chi connectivity index (χ1v) is 5.82. The standard InChI is InChI=1S/C11H7Cl2N5/c12-6-1-2-8(9(13)3-6)10-16-11-15-4-7(14)5-18(11)17-10/h1-5H,14H2. The monoisotopic (exact) mass is 279 g/mol. The maximum Gasteiger partial charge on any atom is 0.252 e. The first kappa shape index (κ1) is 11.3. The van der Waals surface area contributed by atoms with Gasteiger partial charge in [-0.1, -0.05) is 23.2 Å². The van der Waals surface area contributed by atoms with Gasteiger partial charge in [0, 0.05) is 10.6 Å². The number of nitrogens with zero attached hydrogens (tertiary/aromatic N) is 4. The number of benzene rings is 1. The predicted molar refractivity (Wildman–Crippen MR) is 70.7 cm³/mol. The van der Waals surface area contributed by atoms with Crippen molar-refractivity contribution in [3.63, 3.8) is 0 Å².